The fourth-order valence-electron chi connectivity index (χ4n) is 3.21. The van der Waals surface area contributed by atoms with Gasteiger partial charge < -0.3 is 9.84 Å². The first-order valence-corrected chi connectivity index (χ1v) is 9.36. The molecule has 26 heavy (non-hydrogen) atoms. The van der Waals surface area contributed by atoms with Gasteiger partial charge in [-0.2, -0.15) is 16.3 Å². The topological polar surface area (TPSA) is 76.7 Å². The van der Waals surface area contributed by atoms with Gasteiger partial charge in [0.05, 0.1) is 0 Å². The molecule has 7 heteroatoms. The average molecular weight is 361 g/mol. The summed E-state index contributed by atoms with van der Waals surface area (Å²) in [6.45, 7) is 0. The Morgan fingerprint density at radius 3 is 3.00 bits per heavy atom. The Hall–Kier alpha value is -3.06. The molecule has 0 spiro atoms. The molecule has 0 amide bonds. The smallest absolute Gasteiger partial charge is 0.263 e. The predicted molar refractivity (Wildman–Crippen MR) is 100 cm³/mol. The van der Waals surface area contributed by atoms with E-state index < -0.39 is 0 Å². The van der Waals surface area contributed by atoms with E-state index in [0.717, 1.165) is 17.7 Å². The number of hydrogen-bond acceptors (Lipinski definition) is 7. The monoisotopic (exact) mass is 361 g/mol. The number of hydrogen-bond donors (Lipinski definition) is 1. The lowest BCUT2D eigenvalue weighted by molar-refractivity contribution is 0.432. The fourth-order valence-corrected chi connectivity index (χ4v) is 3.85. The zero-order chi connectivity index (χ0) is 17.3. The van der Waals surface area contributed by atoms with Crippen molar-refractivity contribution in [1.29, 1.82) is 0 Å². The van der Waals surface area contributed by atoms with E-state index in [9.17, 15) is 0 Å². The molecule has 1 aliphatic rings. The molecule has 0 fully saturated rings. The van der Waals surface area contributed by atoms with Gasteiger partial charge in [0.15, 0.2) is 0 Å². The summed E-state index contributed by atoms with van der Waals surface area (Å²) in [4.78, 5) is 13.0. The van der Waals surface area contributed by atoms with E-state index in [-0.39, 0.29) is 0 Å². The summed E-state index contributed by atoms with van der Waals surface area (Å²) < 4.78 is 5.45. The van der Waals surface area contributed by atoms with Crippen molar-refractivity contribution in [2.24, 2.45) is 0 Å². The van der Waals surface area contributed by atoms with Gasteiger partial charge in [-0.3, -0.25) is 0 Å². The molecule has 0 saturated heterocycles. The molecule has 0 bridgehead atoms. The Morgan fingerprint density at radius 2 is 2.08 bits per heavy atom. The first-order chi connectivity index (χ1) is 12.9. The maximum absolute atomic E-state index is 5.45. The fraction of sp³-hybridized carbons (Fsp3) is 0.158. The second-order valence-electron chi connectivity index (χ2n) is 6.18. The Morgan fingerprint density at radius 1 is 1.12 bits per heavy atom. The van der Waals surface area contributed by atoms with Gasteiger partial charge in [-0.15, -0.1) is 0 Å². The molecule has 128 valence electrons. The minimum atomic E-state index is 0.399. The average Bonchev–Trinajstić information content (AvgIpc) is 3.42. The molecule has 6 nitrogen and oxygen atoms in total. The van der Waals surface area contributed by atoms with Crippen LogP contribution in [0.15, 0.2) is 52.1 Å². The normalized spacial score (nSPS) is 12.9. The van der Waals surface area contributed by atoms with Gasteiger partial charge in [-0.05, 0) is 54.0 Å². The summed E-state index contributed by atoms with van der Waals surface area (Å²) in [5, 5.41) is 11.4. The minimum Gasteiger partial charge on any atom is -0.339 e. The molecule has 0 atom stereocenters. The lowest BCUT2D eigenvalue weighted by atomic mass is 10.1. The second kappa shape index (κ2) is 6.34. The summed E-state index contributed by atoms with van der Waals surface area (Å²) >= 11 is 1.60. The molecule has 0 aliphatic heterocycles. The van der Waals surface area contributed by atoms with E-state index in [1.165, 1.54) is 30.3 Å². The largest absolute Gasteiger partial charge is 0.339 e. The molecule has 3 aromatic heterocycles. The van der Waals surface area contributed by atoms with E-state index in [0.29, 0.717) is 23.1 Å². The Kier molecular flexibility index (Phi) is 3.71. The van der Waals surface area contributed by atoms with Crippen molar-refractivity contribution < 1.29 is 4.52 Å². The molecule has 0 radical (unpaired) electrons. The number of aromatic nitrogens is 4. The van der Waals surface area contributed by atoms with Crippen LogP contribution in [0.1, 0.15) is 17.5 Å². The van der Waals surface area contributed by atoms with Crippen LogP contribution < -0.4 is 5.32 Å². The van der Waals surface area contributed by atoms with Crippen LogP contribution in [0.25, 0.3) is 22.8 Å². The number of aryl methyl sites for hydroxylation is 2. The van der Waals surface area contributed by atoms with Crippen LogP contribution in [0.2, 0.25) is 0 Å². The van der Waals surface area contributed by atoms with Crippen molar-refractivity contribution >= 4 is 22.8 Å². The first kappa shape index (κ1) is 15.2. The number of nitrogens with one attached hydrogen (secondary N) is 1. The van der Waals surface area contributed by atoms with Crippen LogP contribution >= 0.6 is 11.3 Å². The van der Waals surface area contributed by atoms with E-state index in [4.69, 9.17) is 4.52 Å². The highest BCUT2D eigenvalue weighted by Crippen LogP contribution is 2.31. The van der Waals surface area contributed by atoms with E-state index in [1.807, 2.05) is 16.8 Å². The van der Waals surface area contributed by atoms with Gasteiger partial charge in [-0.1, -0.05) is 11.2 Å². The van der Waals surface area contributed by atoms with Gasteiger partial charge in [-0.25, -0.2) is 9.97 Å². The highest BCUT2D eigenvalue weighted by atomic mass is 32.1. The third-order valence-corrected chi connectivity index (χ3v) is 5.19. The molecule has 1 aromatic carbocycles. The van der Waals surface area contributed by atoms with Gasteiger partial charge in [0.1, 0.15) is 17.7 Å². The zero-order valence-electron chi connectivity index (χ0n) is 13.8. The Labute approximate surface area is 154 Å². The maximum atomic E-state index is 5.45. The summed E-state index contributed by atoms with van der Waals surface area (Å²) in [6, 6.07) is 8.43. The van der Waals surface area contributed by atoms with Crippen molar-refractivity contribution in [2.75, 3.05) is 5.32 Å². The number of anilines is 2. The van der Waals surface area contributed by atoms with Crippen LogP contribution in [-0.4, -0.2) is 20.1 Å². The van der Waals surface area contributed by atoms with Crippen LogP contribution in [-0.2, 0) is 12.8 Å². The van der Waals surface area contributed by atoms with Crippen molar-refractivity contribution in [1.82, 2.24) is 20.1 Å². The SMILES string of the molecule is c1ncc(-c2nc(-c3ccsc3)no2)c(Nc2ccc3c(c2)CCC3)n1. The third-order valence-electron chi connectivity index (χ3n) is 4.51. The van der Waals surface area contributed by atoms with Crippen molar-refractivity contribution in [3.63, 3.8) is 0 Å². The van der Waals surface area contributed by atoms with Crippen LogP contribution in [0.5, 0.6) is 0 Å². The molecule has 4 aromatic rings. The molecule has 0 saturated carbocycles. The number of benzene rings is 1. The Bertz CT molecular complexity index is 1060. The Balaban J connectivity index is 1.48. The number of thiophene rings is 1. The standard InChI is InChI=1S/C19H15N5OS/c1-2-12-4-5-15(8-13(12)3-1)22-18-16(9-20-11-21-18)19-23-17(24-25-19)14-6-7-26-10-14/h4-11H,1-3H2,(H,20,21,22). The van der Waals surface area contributed by atoms with E-state index in [2.05, 4.69) is 43.6 Å². The molecule has 5 rings (SSSR count). The summed E-state index contributed by atoms with van der Waals surface area (Å²) in [6.07, 6.45) is 6.73. The molecular formula is C19H15N5OS. The zero-order valence-corrected chi connectivity index (χ0v) is 14.7. The molecule has 3 heterocycles. The quantitative estimate of drug-likeness (QED) is 0.577. The molecular weight excluding hydrogens is 346 g/mol. The van der Waals surface area contributed by atoms with Crippen LogP contribution in [0, 0.1) is 0 Å². The lowest BCUT2D eigenvalue weighted by Gasteiger charge is -2.09. The third kappa shape index (κ3) is 2.76. The highest BCUT2D eigenvalue weighted by Gasteiger charge is 2.17. The summed E-state index contributed by atoms with van der Waals surface area (Å²) in [5.41, 5.74) is 5.47. The van der Waals surface area contributed by atoms with Gasteiger partial charge in [0.25, 0.3) is 5.89 Å². The second-order valence-corrected chi connectivity index (χ2v) is 6.96. The lowest BCUT2D eigenvalue weighted by Crippen LogP contribution is -1.98. The maximum Gasteiger partial charge on any atom is 0.263 e. The molecule has 1 N–H and O–H groups in total. The number of rotatable bonds is 4. The van der Waals surface area contributed by atoms with Crippen LogP contribution in [0.4, 0.5) is 11.5 Å². The summed E-state index contributed by atoms with van der Waals surface area (Å²) in [7, 11) is 0. The number of nitrogens with zero attached hydrogens (tertiary/aromatic N) is 4. The number of fused-ring (bicyclic) bond motifs is 1. The molecule has 1 aliphatic carbocycles. The minimum absolute atomic E-state index is 0.399. The van der Waals surface area contributed by atoms with Crippen molar-refractivity contribution in [2.45, 2.75) is 19.3 Å². The highest BCUT2D eigenvalue weighted by molar-refractivity contribution is 7.08. The summed E-state index contributed by atoms with van der Waals surface area (Å²) in [5.74, 6) is 1.61. The first-order valence-electron chi connectivity index (χ1n) is 8.42. The van der Waals surface area contributed by atoms with Crippen LogP contribution in [0.3, 0.4) is 0 Å². The van der Waals surface area contributed by atoms with Gasteiger partial charge in [0, 0.05) is 22.8 Å². The van der Waals surface area contributed by atoms with Gasteiger partial charge in [0.2, 0.25) is 5.82 Å². The van der Waals surface area contributed by atoms with E-state index >= 15 is 0 Å². The predicted octanol–water partition coefficient (Wildman–Crippen LogP) is 4.49. The van der Waals surface area contributed by atoms with Crippen molar-refractivity contribution in [3.05, 3.63) is 58.7 Å². The van der Waals surface area contributed by atoms with Crippen molar-refractivity contribution in [3.8, 4) is 22.8 Å². The van der Waals surface area contributed by atoms with E-state index in [1.54, 1.807) is 17.5 Å². The molecule has 0 unspecified atom stereocenters. The van der Waals surface area contributed by atoms with Gasteiger partial charge >= 0.3 is 0 Å².